The van der Waals surface area contributed by atoms with E-state index < -0.39 is 59.5 Å². The van der Waals surface area contributed by atoms with Crippen LogP contribution in [-0.2, 0) is 18.0 Å². The Morgan fingerprint density at radius 3 is 2.33 bits per heavy atom. The first-order valence-electron chi connectivity index (χ1n) is 11.8. The average molecular weight is 547 g/mol. The minimum absolute atomic E-state index is 0.00905. The number of methoxy groups -OCH3 is 1. The van der Waals surface area contributed by atoms with Crippen LogP contribution in [0.25, 0.3) is 0 Å². The number of amides is 2. The van der Waals surface area contributed by atoms with Crippen LogP contribution in [0.1, 0.15) is 28.7 Å². The molecule has 1 fully saturated rings. The summed E-state index contributed by atoms with van der Waals surface area (Å²) in [5.41, 5.74) is -0.0351. The van der Waals surface area contributed by atoms with Crippen molar-refractivity contribution in [2.24, 2.45) is 5.73 Å². The van der Waals surface area contributed by atoms with Gasteiger partial charge in [-0.05, 0) is 53.4 Å². The monoisotopic (exact) mass is 547 g/mol. The number of carbonyl (C=O) groups is 1. The van der Waals surface area contributed by atoms with Crippen LogP contribution in [0.2, 0.25) is 0 Å². The van der Waals surface area contributed by atoms with Crippen molar-refractivity contribution in [2.75, 3.05) is 13.7 Å². The number of benzene rings is 3. The van der Waals surface area contributed by atoms with Gasteiger partial charge in [0.2, 0.25) is 0 Å². The van der Waals surface area contributed by atoms with Gasteiger partial charge in [0.1, 0.15) is 17.5 Å². The lowest BCUT2D eigenvalue weighted by molar-refractivity contribution is -0.137. The van der Waals surface area contributed by atoms with Gasteiger partial charge in [0.15, 0.2) is 11.6 Å². The van der Waals surface area contributed by atoms with Gasteiger partial charge in [0.25, 0.3) is 0 Å². The van der Waals surface area contributed by atoms with Crippen molar-refractivity contribution in [3.05, 3.63) is 101 Å². The van der Waals surface area contributed by atoms with Crippen LogP contribution >= 0.6 is 0 Å². The topological polar surface area (TPSA) is 79.3 Å². The van der Waals surface area contributed by atoms with E-state index in [0.29, 0.717) is 17.7 Å². The second-order valence-electron chi connectivity index (χ2n) is 9.37. The van der Waals surface area contributed by atoms with Crippen LogP contribution in [-0.4, -0.2) is 36.3 Å². The molecule has 11 heteroatoms. The van der Waals surface area contributed by atoms with Gasteiger partial charge in [-0.3, -0.25) is 0 Å². The van der Waals surface area contributed by atoms with E-state index in [9.17, 15) is 32.0 Å². The number of primary amides is 1. The lowest BCUT2D eigenvalue weighted by Crippen LogP contribution is -2.63. The van der Waals surface area contributed by atoms with Crippen molar-refractivity contribution in [3.63, 3.8) is 0 Å². The standard InChI is InChI=1S/C28H23F6N3O2/c1-39-24-12-18(7-8-23(24)31)27(13-17-5-3-2-4-6-17,19-9-20(28(32,33)34)11-21(29)10-19)26(16-35)14-22(30)15-37(26)25(36)38/h2-12,22H,13-15H2,1H3,(H2,36,38)/t22-,26+,27+/m0/s1. The van der Waals surface area contributed by atoms with Crippen molar-refractivity contribution in [3.8, 4) is 11.8 Å². The van der Waals surface area contributed by atoms with E-state index in [1.807, 2.05) is 6.07 Å². The lowest BCUT2D eigenvalue weighted by Gasteiger charge is -2.49. The fourth-order valence-corrected chi connectivity index (χ4v) is 5.55. The van der Waals surface area contributed by atoms with E-state index in [-0.39, 0.29) is 23.3 Å². The Balaban J connectivity index is 2.22. The molecule has 0 unspecified atom stereocenters. The molecule has 1 aliphatic rings. The number of ether oxygens (including phenoxy) is 1. The molecule has 39 heavy (non-hydrogen) atoms. The summed E-state index contributed by atoms with van der Waals surface area (Å²) in [6, 6.07) is 14.0. The number of halogens is 6. The van der Waals surface area contributed by atoms with Crippen LogP contribution in [0.5, 0.6) is 5.75 Å². The molecule has 0 bridgehead atoms. The van der Waals surface area contributed by atoms with Crippen LogP contribution in [0.3, 0.4) is 0 Å². The molecular weight excluding hydrogens is 524 g/mol. The number of urea groups is 1. The molecule has 4 rings (SSSR count). The number of hydrogen-bond acceptors (Lipinski definition) is 3. The summed E-state index contributed by atoms with van der Waals surface area (Å²) in [6.45, 7) is -0.626. The summed E-state index contributed by atoms with van der Waals surface area (Å²) in [5.74, 6) is -2.43. The zero-order valence-corrected chi connectivity index (χ0v) is 20.6. The third kappa shape index (κ3) is 4.75. The van der Waals surface area contributed by atoms with Crippen molar-refractivity contribution in [2.45, 2.75) is 36.1 Å². The number of nitrogens with zero attached hydrogens (tertiary/aromatic N) is 2. The molecule has 0 radical (unpaired) electrons. The molecule has 3 aromatic rings. The van der Waals surface area contributed by atoms with Crippen LogP contribution < -0.4 is 10.5 Å². The van der Waals surface area contributed by atoms with Crippen molar-refractivity contribution in [1.82, 2.24) is 4.90 Å². The predicted octanol–water partition coefficient (Wildman–Crippen LogP) is 5.91. The van der Waals surface area contributed by atoms with Crippen molar-refractivity contribution < 1.29 is 35.9 Å². The Hall–Kier alpha value is -4.20. The van der Waals surface area contributed by atoms with Gasteiger partial charge in [-0.2, -0.15) is 18.4 Å². The summed E-state index contributed by atoms with van der Waals surface area (Å²) >= 11 is 0. The van der Waals surface area contributed by atoms with Crippen molar-refractivity contribution >= 4 is 6.03 Å². The van der Waals surface area contributed by atoms with Gasteiger partial charge in [0.05, 0.1) is 30.7 Å². The van der Waals surface area contributed by atoms with E-state index in [0.717, 1.165) is 30.2 Å². The first-order valence-corrected chi connectivity index (χ1v) is 11.8. The molecule has 5 nitrogen and oxygen atoms in total. The summed E-state index contributed by atoms with van der Waals surface area (Å²) < 4.78 is 91.5. The smallest absolute Gasteiger partial charge is 0.416 e. The molecular formula is C28H23F6N3O2. The zero-order valence-electron chi connectivity index (χ0n) is 20.6. The van der Waals surface area contributed by atoms with Gasteiger partial charge in [-0.1, -0.05) is 36.4 Å². The molecule has 2 amide bonds. The van der Waals surface area contributed by atoms with Gasteiger partial charge in [0, 0.05) is 6.42 Å². The third-order valence-corrected chi connectivity index (χ3v) is 7.19. The first-order chi connectivity index (χ1) is 18.4. The molecule has 0 aromatic heterocycles. The maximum atomic E-state index is 15.1. The molecule has 204 valence electrons. The second kappa shape index (κ2) is 10.2. The number of nitriles is 1. The summed E-state index contributed by atoms with van der Waals surface area (Å²) in [5, 5.41) is 10.7. The third-order valence-electron chi connectivity index (χ3n) is 7.19. The largest absolute Gasteiger partial charge is 0.494 e. The number of likely N-dealkylation sites (tertiary alicyclic amines) is 1. The minimum atomic E-state index is -4.99. The van der Waals surface area contributed by atoms with Gasteiger partial charge in [-0.15, -0.1) is 0 Å². The van der Waals surface area contributed by atoms with Gasteiger partial charge >= 0.3 is 12.2 Å². The highest BCUT2D eigenvalue weighted by molar-refractivity contribution is 5.76. The van der Waals surface area contributed by atoms with Crippen molar-refractivity contribution in [1.29, 1.82) is 5.26 Å². The molecule has 1 saturated heterocycles. The number of alkyl halides is 4. The van der Waals surface area contributed by atoms with E-state index in [4.69, 9.17) is 10.5 Å². The van der Waals surface area contributed by atoms with E-state index in [1.54, 1.807) is 30.3 Å². The maximum absolute atomic E-state index is 15.1. The average Bonchev–Trinajstić information content (AvgIpc) is 3.25. The molecule has 0 spiro atoms. The molecule has 1 aliphatic heterocycles. The molecule has 3 atom stereocenters. The van der Waals surface area contributed by atoms with E-state index in [2.05, 4.69) is 0 Å². The highest BCUT2D eigenvalue weighted by Crippen LogP contribution is 2.53. The van der Waals surface area contributed by atoms with Gasteiger partial charge in [-0.25, -0.2) is 18.0 Å². The van der Waals surface area contributed by atoms with Crippen LogP contribution in [0, 0.1) is 23.0 Å². The fraction of sp³-hybridized carbons (Fsp3) is 0.286. The zero-order chi connectivity index (χ0) is 28.6. The predicted molar refractivity (Wildman–Crippen MR) is 129 cm³/mol. The number of carbonyl (C=O) groups excluding carboxylic acids is 1. The SMILES string of the molecule is COc1cc([C@](Cc2ccccc2)(c2cc(F)cc(C(F)(F)F)c2)[C@]2(C#N)C[C@H](F)CN2C(N)=O)ccc1F. The minimum Gasteiger partial charge on any atom is -0.494 e. The summed E-state index contributed by atoms with van der Waals surface area (Å²) in [7, 11) is 1.16. The Labute approximate surface area is 220 Å². The highest BCUT2D eigenvalue weighted by Gasteiger charge is 2.63. The second-order valence-corrected chi connectivity index (χ2v) is 9.37. The Bertz CT molecular complexity index is 1430. The summed E-state index contributed by atoms with van der Waals surface area (Å²) in [4.78, 5) is 13.4. The normalized spacial score (nSPS) is 20.8. The molecule has 2 N–H and O–H groups in total. The first kappa shape index (κ1) is 27.8. The summed E-state index contributed by atoms with van der Waals surface area (Å²) in [6.07, 6.45) is -7.74. The lowest BCUT2D eigenvalue weighted by atomic mass is 9.57. The Morgan fingerprint density at radius 1 is 1.08 bits per heavy atom. The van der Waals surface area contributed by atoms with Gasteiger partial charge < -0.3 is 15.4 Å². The quantitative estimate of drug-likeness (QED) is 0.390. The molecule has 0 saturated carbocycles. The number of nitrogens with two attached hydrogens (primary N) is 1. The highest BCUT2D eigenvalue weighted by atomic mass is 19.4. The van der Waals surface area contributed by atoms with E-state index >= 15 is 4.39 Å². The Kier molecular flexibility index (Phi) is 7.25. The molecule has 0 aliphatic carbocycles. The number of rotatable bonds is 6. The van der Waals surface area contributed by atoms with Crippen LogP contribution in [0.15, 0.2) is 66.7 Å². The van der Waals surface area contributed by atoms with Crippen LogP contribution in [0.4, 0.5) is 31.1 Å². The Morgan fingerprint density at radius 2 is 1.74 bits per heavy atom. The fourth-order valence-electron chi connectivity index (χ4n) is 5.55. The molecule has 1 heterocycles. The number of hydrogen-bond donors (Lipinski definition) is 1. The molecule has 3 aromatic carbocycles. The van der Waals surface area contributed by atoms with E-state index in [1.165, 1.54) is 6.07 Å². The maximum Gasteiger partial charge on any atom is 0.416 e.